The van der Waals surface area contributed by atoms with Gasteiger partial charge in [0.1, 0.15) is 12.3 Å². The quantitative estimate of drug-likeness (QED) is 0.286. The lowest BCUT2D eigenvalue weighted by Crippen LogP contribution is -2.68. The molecule has 12 heteroatoms. The number of rotatable bonds is 8. The summed E-state index contributed by atoms with van der Waals surface area (Å²) in [6, 6.07) is 0. The van der Waals surface area contributed by atoms with Gasteiger partial charge in [0.15, 0.2) is 16.6 Å². The lowest BCUT2D eigenvalue weighted by molar-refractivity contribution is -0.226. The van der Waals surface area contributed by atoms with Crippen LogP contribution >= 0.6 is 11.3 Å². The van der Waals surface area contributed by atoms with Gasteiger partial charge in [0, 0.05) is 11.8 Å². The van der Waals surface area contributed by atoms with Gasteiger partial charge in [-0.3, -0.25) is 14.1 Å². The Kier molecular flexibility index (Phi) is 5.87. The van der Waals surface area contributed by atoms with Gasteiger partial charge in [0.2, 0.25) is 0 Å². The van der Waals surface area contributed by atoms with Gasteiger partial charge in [-0.05, 0) is 20.8 Å². The van der Waals surface area contributed by atoms with Crippen molar-refractivity contribution in [2.45, 2.75) is 32.7 Å². The number of aromatic nitrogens is 1. The molecule has 1 aliphatic heterocycles. The standard InChI is InChI=1S/C13H18N4O6S2/c1-4-22-16-10(8-6-24-12(14)15-8)9(18)5-7-11(19)17(13(7,2)3)23-25(20)21/h6-7H,4-5H2,1-3H3,(H2,14,15)(H,20,21)/b16-10-. The minimum Gasteiger partial charge on any atom is -0.395 e. The van der Waals surface area contributed by atoms with E-state index in [0.717, 1.165) is 16.4 Å². The molecule has 0 aromatic carbocycles. The van der Waals surface area contributed by atoms with Crippen LogP contribution in [0.1, 0.15) is 32.9 Å². The topological polar surface area (TPSA) is 144 Å². The Hall–Kier alpha value is -1.89. The summed E-state index contributed by atoms with van der Waals surface area (Å²) >= 11 is -1.47. The molecule has 1 aromatic heterocycles. The number of nitrogen functional groups attached to an aromatic ring is 1. The van der Waals surface area contributed by atoms with E-state index in [-0.39, 0.29) is 29.6 Å². The highest BCUT2D eigenvalue weighted by Gasteiger charge is 2.57. The van der Waals surface area contributed by atoms with E-state index in [2.05, 4.69) is 14.4 Å². The maximum atomic E-state index is 12.6. The summed E-state index contributed by atoms with van der Waals surface area (Å²) in [6.45, 7) is 5.22. The highest BCUT2D eigenvalue weighted by Crippen LogP contribution is 2.40. The molecule has 2 rings (SSSR count). The molecule has 1 saturated heterocycles. The largest absolute Gasteiger partial charge is 0.395 e. The summed E-state index contributed by atoms with van der Waals surface area (Å²) in [5.74, 6) is -1.74. The number of hydrogen-bond acceptors (Lipinski definition) is 9. The SMILES string of the molecule is CCO/N=C(\C(=O)CC1C(=O)N(OS(=O)O)C1(C)C)c1csc(N)n1. The van der Waals surface area contributed by atoms with Crippen LogP contribution in [0, 0.1) is 5.92 Å². The van der Waals surface area contributed by atoms with Crippen LogP contribution in [0.4, 0.5) is 5.13 Å². The number of oxime groups is 1. The van der Waals surface area contributed by atoms with E-state index in [1.165, 1.54) is 0 Å². The van der Waals surface area contributed by atoms with Crippen molar-refractivity contribution in [3.63, 3.8) is 0 Å². The van der Waals surface area contributed by atoms with E-state index < -0.39 is 34.5 Å². The Bertz CT molecular complexity index is 732. The molecular formula is C13H18N4O6S2. The van der Waals surface area contributed by atoms with Crippen molar-refractivity contribution in [3.8, 4) is 0 Å². The summed E-state index contributed by atoms with van der Waals surface area (Å²) in [4.78, 5) is 33.7. The van der Waals surface area contributed by atoms with Crippen molar-refractivity contribution in [1.82, 2.24) is 10.0 Å². The van der Waals surface area contributed by atoms with E-state index in [1.54, 1.807) is 26.2 Å². The van der Waals surface area contributed by atoms with E-state index in [0.29, 0.717) is 0 Å². The first-order valence-corrected chi connectivity index (χ1v) is 9.17. The summed E-state index contributed by atoms with van der Waals surface area (Å²) < 4.78 is 24.1. The van der Waals surface area contributed by atoms with Crippen LogP contribution in [0.3, 0.4) is 0 Å². The molecular weight excluding hydrogens is 372 g/mol. The molecule has 0 saturated carbocycles. The molecule has 0 radical (unpaired) electrons. The van der Waals surface area contributed by atoms with Gasteiger partial charge in [0.05, 0.1) is 11.5 Å². The molecule has 2 unspecified atom stereocenters. The minimum atomic E-state index is -2.63. The fraction of sp³-hybridized carbons (Fsp3) is 0.538. The number of anilines is 1. The van der Waals surface area contributed by atoms with Gasteiger partial charge < -0.3 is 10.6 Å². The van der Waals surface area contributed by atoms with Crippen LogP contribution in [0.2, 0.25) is 0 Å². The van der Waals surface area contributed by atoms with E-state index in [9.17, 15) is 13.8 Å². The molecule has 25 heavy (non-hydrogen) atoms. The Balaban J connectivity index is 2.16. The third kappa shape index (κ3) is 4.03. The third-order valence-corrected chi connectivity index (χ3v) is 4.67. The van der Waals surface area contributed by atoms with Crippen LogP contribution < -0.4 is 5.73 Å². The maximum Gasteiger partial charge on any atom is 0.325 e. The van der Waals surface area contributed by atoms with Crippen LogP contribution in [0.5, 0.6) is 0 Å². The van der Waals surface area contributed by atoms with E-state index in [1.807, 2.05) is 0 Å². The van der Waals surface area contributed by atoms with Crippen LogP contribution in [0.25, 0.3) is 0 Å². The Morgan fingerprint density at radius 1 is 1.60 bits per heavy atom. The predicted octanol–water partition coefficient (Wildman–Crippen LogP) is 0.730. The fourth-order valence-corrected chi connectivity index (χ4v) is 3.33. The zero-order valence-corrected chi connectivity index (χ0v) is 15.4. The number of carbonyl (C=O) groups excluding carboxylic acids is 2. The molecule has 1 fully saturated rings. The first-order valence-electron chi connectivity index (χ1n) is 7.26. The average molecular weight is 390 g/mol. The molecule has 0 aliphatic carbocycles. The monoisotopic (exact) mass is 390 g/mol. The Labute approximate surface area is 150 Å². The first kappa shape index (κ1) is 19.4. The van der Waals surface area contributed by atoms with Gasteiger partial charge >= 0.3 is 11.4 Å². The minimum absolute atomic E-state index is 0.0245. The molecule has 1 aromatic rings. The lowest BCUT2D eigenvalue weighted by Gasteiger charge is -2.50. The van der Waals surface area contributed by atoms with Crippen molar-refractivity contribution in [3.05, 3.63) is 11.1 Å². The number of hydrogen-bond donors (Lipinski definition) is 2. The Morgan fingerprint density at radius 3 is 2.76 bits per heavy atom. The predicted molar refractivity (Wildman–Crippen MR) is 90.6 cm³/mol. The molecule has 2 atom stereocenters. The number of ketones is 1. The Morgan fingerprint density at radius 2 is 2.28 bits per heavy atom. The first-order chi connectivity index (χ1) is 11.7. The van der Waals surface area contributed by atoms with Crippen molar-refractivity contribution < 1.29 is 27.5 Å². The number of hydroxylamine groups is 2. The van der Waals surface area contributed by atoms with Gasteiger partial charge in [0.25, 0.3) is 5.91 Å². The fourth-order valence-electron chi connectivity index (χ4n) is 2.38. The smallest absolute Gasteiger partial charge is 0.325 e. The molecule has 1 amide bonds. The average Bonchev–Trinajstić information content (AvgIpc) is 2.96. The summed E-state index contributed by atoms with van der Waals surface area (Å²) in [5, 5.41) is 6.43. The number of amides is 1. The van der Waals surface area contributed by atoms with Crippen LogP contribution in [-0.4, -0.2) is 48.4 Å². The summed E-state index contributed by atoms with van der Waals surface area (Å²) in [6.07, 6.45) is -0.174. The second-order valence-electron chi connectivity index (χ2n) is 5.69. The highest BCUT2D eigenvalue weighted by molar-refractivity contribution is 7.74. The van der Waals surface area contributed by atoms with Crippen molar-refractivity contribution in [2.75, 3.05) is 12.3 Å². The second kappa shape index (κ2) is 7.56. The van der Waals surface area contributed by atoms with Gasteiger partial charge in [-0.25, -0.2) is 4.98 Å². The third-order valence-electron chi connectivity index (χ3n) is 3.72. The van der Waals surface area contributed by atoms with Gasteiger partial charge in [-0.1, -0.05) is 5.16 Å². The number of nitrogens with two attached hydrogens (primary N) is 1. The molecule has 1 aliphatic rings. The van der Waals surface area contributed by atoms with Crippen LogP contribution in [-0.2, 0) is 30.1 Å². The molecule has 10 nitrogen and oxygen atoms in total. The molecule has 0 spiro atoms. The number of carbonyl (C=O) groups is 2. The maximum absolute atomic E-state index is 12.6. The van der Waals surface area contributed by atoms with E-state index >= 15 is 0 Å². The number of thiazole rings is 1. The second-order valence-corrected chi connectivity index (χ2v) is 7.16. The molecule has 2 heterocycles. The summed E-state index contributed by atoms with van der Waals surface area (Å²) in [5.41, 5.74) is 4.91. The number of nitrogens with zero attached hydrogens (tertiary/aromatic N) is 3. The van der Waals surface area contributed by atoms with Gasteiger partial charge in [-0.15, -0.1) is 15.6 Å². The van der Waals surface area contributed by atoms with Crippen molar-refractivity contribution >= 4 is 45.2 Å². The van der Waals surface area contributed by atoms with Crippen molar-refractivity contribution in [1.29, 1.82) is 0 Å². The normalized spacial score (nSPS) is 21.0. The van der Waals surface area contributed by atoms with Crippen molar-refractivity contribution in [2.24, 2.45) is 11.1 Å². The zero-order chi connectivity index (χ0) is 18.8. The van der Waals surface area contributed by atoms with Gasteiger partial charge in [-0.2, -0.15) is 9.27 Å². The van der Waals surface area contributed by atoms with Crippen LogP contribution in [0.15, 0.2) is 10.5 Å². The summed E-state index contributed by atoms with van der Waals surface area (Å²) in [7, 11) is 0. The molecule has 3 N–H and O–H groups in total. The zero-order valence-electron chi connectivity index (χ0n) is 13.8. The molecule has 138 valence electrons. The molecule has 0 bridgehead atoms. The highest BCUT2D eigenvalue weighted by atomic mass is 32.2. The number of β-lactam (4-membered cyclic amide) rings is 1. The lowest BCUT2D eigenvalue weighted by atomic mass is 9.74. The number of Topliss-reactive ketones (excluding diaryl/α,β-unsaturated/α-hetero) is 1. The van der Waals surface area contributed by atoms with E-state index in [4.69, 9.17) is 15.1 Å².